The molecular formula is C15H15FN2O6. The molecule has 1 amide bonds. The van der Waals surface area contributed by atoms with Crippen LogP contribution in [-0.4, -0.2) is 39.9 Å². The van der Waals surface area contributed by atoms with Crippen LogP contribution in [0.1, 0.15) is 6.42 Å². The second-order valence-corrected chi connectivity index (χ2v) is 6.09. The number of hydrogen-bond acceptors (Lipinski definition) is 5. The van der Waals surface area contributed by atoms with Crippen LogP contribution < -0.4 is 11.1 Å². The number of ether oxygens (including phenoxy) is 1. The van der Waals surface area contributed by atoms with Gasteiger partial charge in [0.2, 0.25) is 0 Å². The first-order valence-corrected chi connectivity index (χ1v) is 7.22. The van der Waals surface area contributed by atoms with E-state index in [9.17, 15) is 23.9 Å². The predicted octanol–water partition coefficient (Wildman–Crippen LogP) is 0.875. The summed E-state index contributed by atoms with van der Waals surface area (Å²) in [6, 6.07) is 4.96. The minimum Gasteiger partial charge on any atom is -0.481 e. The maximum absolute atomic E-state index is 12.8. The van der Waals surface area contributed by atoms with Crippen LogP contribution in [0.3, 0.4) is 0 Å². The van der Waals surface area contributed by atoms with Crippen LogP contribution in [0.5, 0.6) is 0 Å². The van der Waals surface area contributed by atoms with E-state index in [0.717, 1.165) is 12.1 Å². The molecule has 5 N–H and O–H groups in total. The number of anilines is 1. The third-order valence-electron chi connectivity index (χ3n) is 4.67. The summed E-state index contributed by atoms with van der Waals surface area (Å²) in [7, 11) is 0. The van der Waals surface area contributed by atoms with Gasteiger partial charge in [-0.25, -0.2) is 9.18 Å². The molecule has 0 aromatic heterocycles. The quantitative estimate of drug-likeness (QED) is 0.639. The number of nitrogens with one attached hydrogen (secondary N) is 1. The number of carboxylic acid groups (broad SMARTS) is 2. The van der Waals surface area contributed by atoms with Crippen molar-refractivity contribution in [1.29, 1.82) is 0 Å². The van der Waals surface area contributed by atoms with Gasteiger partial charge in [-0.3, -0.25) is 14.9 Å². The average Bonchev–Trinajstić information content (AvgIpc) is 3.18. The summed E-state index contributed by atoms with van der Waals surface area (Å²) in [5, 5.41) is 20.8. The molecule has 2 fully saturated rings. The highest BCUT2D eigenvalue weighted by Crippen LogP contribution is 2.62. The fourth-order valence-corrected chi connectivity index (χ4v) is 3.55. The summed E-state index contributed by atoms with van der Waals surface area (Å²) in [5.74, 6) is -5.27. The molecule has 9 heteroatoms. The highest BCUT2D eigenvalue weighted by atomic mass is 19.1. The minimum absolute atomic E-state index is 0.154. The highest BCUT2D eigenvalue weighted by Gasteiger charge is 2.75. The topological polar surface area (TPSA) is 139 Å². The van der Waals surface area contributed by atoms with Crippen LogP contribution in [0.4, 0.5) is 14.9 Å². The van der Waals surface area contributed by atoms with Gasteiger partial charge < -0.3 is 20.7 Å². The first-order valence-electron chi connectivity index (χ1n) is 7.22. The molecule has 8 nitrogen and oxygen atoms in total. The van der Waals surface area contributed by atoms with E-state index < -0.39 is 53.2 Å². The van der Waals surface area contributed by atoms with Gasteiger partial charge in [0.1, 0.15) is 17.5 Å². The zero-order valence-electron chi connectivity index (χ0n) is 12.3. The van der Waals surface area contributed by atoms with Gasteiger partial charge in [-0.2, -0.15) is 0 Å². The number of halogens is 1. The molecule has 2 aliphatic carbocycles. The van der Waals surface area contributed by atoms with Crippen molar-refractivity contribution in [2.24, 2.45) is 23.5 Å². The molecule has 0 radical (unpaired) electrons. The third kappa shape index (κ3) is 2.56. The molecule has 0 heterocycles. The Bertz CT molecular complexity index is 708. The molecule has 2 aliphatic rings. The fourth-order valence-electron chi connectivity index (χ4n) is 3.55. The number of carboxylic acids is 2. The van der Waals surface area contributed by atoms with E-state index in [-0.39, 0.29) is 6.42 Å². The molecule has 0 aliphatic heterocycles. The first kappa shape index (κ1) is 16.2. The number of carbonyl (C=O) groups excluding carboxylic acids is 1. The Labute approximate surface area is 135 Å². The Kier molecular flexibility index (Phi) is 3.67. The monoisotopic (exact) mass is 338 g/mol. The van der Waals surface area contributed by atoms with Crippen LogP contribution >= 0.6 is 0 Å². The summed E-state index contributed by atoms with van der Waals surface area (Å²) in [5.41, 5.74) is 4.40. The van der Waals surface area contributed by atoms with E-state index >= 15 is 0 Å². The van der Waals surface area contributed by atoms with Crippen molar-refractivity contribution in [2.75, 3.05) is 5.32 Å². The Morgan fingerprint density at radius 3 is 2.42 bits per heavy atom. The van der Waals surface area contributed by atoms with Gasteiger partial charge in [0.15, 0.2) is 0 Å². The van der Waals surface area contributed by atoms with Crippen molar-refractivity contribution in [3.8, 4) is 0 Å². The summed E-state index contributed by atoms with van der Waals surface area (Å²) in [6.45, 7) is 0. The normalized spacial score (nSPS) is 33.4. The van der Waals surface area contributed by atoms with Crippen molar-refractivity contribution in [1.82, 2.24) is 0 Å². The van der Waals surface area contributed by atoms with E-state index in [1.165, 1.54) is 12.1 Å². The predicted molar refractivity (Wildman–Crippen MR) is 77.6 cm³/mol. The maximum Gasteiger partial charge on any atom is 0.411 e. The number of carbonyl (C=O) groups is 3. The van der Waals surface area contributed by atoms with Crippen molar-refractivity contribution in [3.63, 3.8) is 0 Å². The Morgan fingerprint density at radius 2 is 1.88 bits per heavy atom. The lowest BCUT2D eigenvalue weighted by atomic mass is 9.91. The third-order valence-corrected chi connectivity index (χ3v) is 4.67. The van der Waals surface area contributed by atoms with Gasteiger partial charge in [-0.1, -0.05) is 0 Å². The lowest BCUT2D eigenvalue weighted by Crippen LogP contribution is -2.51. The Morgan fingerprint density at radius 1 is 1.25 bits per heavy atom. The van der Waals surface area contributed by atoms with Crippen LogP contribution in [0.25, 0.3) is 0 Å². The number of benzene rings is 1. The molecule has 1 aromatic carbocycles. The fraction of sp³-hybridized carbons (Fsp3) is 0.400. The summed E-state index contributed by atoms with van der Waals surface area (Å²) in [4.78, 5) is 34.5. The summed E-state index contributed by atoms with van der Waals surface area (Å²) < 4.78 is 18.0. The van der Waals surface area contributed by atoms with Gasteiger partial charge in [0.05, 0.1) is 5.92 Å². The van der Waals surface area contributed by atoms with Crippen LogP contribution in [-0.2, 0) is 14.3 Å². The molecule has 2 saturated carbocycles. The second kappa shape index (κ2) is 5.45. The van der Waals surface area contributed by atoms with Crippen molar-refractivity contribution in [2.45, 2.75) is 18.1 Å². The van der Waals surface area contributed by atoms with Crippen molar-refractivity contribution < 1.29 is 33.7 Å². The molecule has 1 aromatic rings. The zero-order chi connectivity index (χ0) is 17.6. The smallest absolute Gasteiger partial charge is 0.411 e. The zero-order valence-corrected chi connectivity index (χ0v) is 12.3. The SMILES string of the molecule is N[C@@]1(C(=O)O)C[C@H](OC(=O)Nc2ccc(F)cc2)C2C1[C@H]2C(=O)O. The minimum atomic E-state index is -1.73. The van der Waals surface area contributed by atoms with Crippen molar-refractivity contribution >= 4 is 23.7 Å². The van der Waals surface area contributed by atoms with Gasteiger partial charge in [-0.05, 0) is 24.3 Å². The molecule has 0 saturated heterocycles. The van der Waals surface area contributed by atoms with Crippen LogP contribution in [0.15, 0.2) is 24.3 Å². The molecule has 3 rings (SSSR count). The molecule has 0 bridgehead atoms. The number of rotatable bonds is 4. The number of fused-ring (bicyclic) bond motifs is 1. The summed E-state index contributed by atoms with van der Waals surface area (Å²) in [6.07, 6.45) is -1.94. The number of amides is 1. The molecule has 5 atom stereocenters. The van der Waals surface area contributed by atoms with Gasteiger partial charge in [0, 0.05) is 23.9 Å². The van der Waals surface area contributed by atoms with Crippen molar-refractivity contribution in [3.05, 3.63) is 30.1 Å². The molecule has 128 valence electrons. The van der Waals surface area contributed by atoms with Gasteiger partial charge in [0.25, 0.3) is 0 Å². The van der Waals surface area contributed by atoms with E-state index in [0.29, 0.717) is 5.69 Å². The number of nitrogens with two attached hydrogens (primary N) is 1. The molecule has 0 spiro atoms. The molecule has 24 heavy (non-hydrogen) atoms. The largest absolute Gasteiger partial charge is 0.481 e. The van der Waals surface area contributed by atoms with Crippen LogP contribution in [0, 0.1) is 23.6 Å². The molecule has 2 unspecified atom stereocenters. The van der Waals surface area contributed by atoms with Gasteiger partial charge in [-0.15, -0.1) is 0 Å². The lowest BCUT2D eigenvalue weighted by Gasteiger charge is -2.24. The maximum atomic E-state index is 12.8. The molecular weight excluding hydrogens is 323 g/mol. The highest BCUT2D eigenvalue weighted by molar-refractivity contribution is 5.87. The van der Waals surface area contributed by atoms with E-state index in [1.54, 1.807) is 0 Å². The standard InChI is InChI=1S/C15H15FN2O6/c16-6-1-3-7(4-2-6)18-14(23)24-8-5-15(17,13(21)22)11-9(8)10(11)12(19)20/h1-4,8-11H,5,17H2,(H,18,23)(H,19,20)(H,21,22)/t8-,9?,10-,11?,15-/m0/s1. The summed E-state index contributed by atoms with van der Waals surface area (Å²) >= 11 is 0. The Balaban J connectivity index is 1.69. The second-order valence-electron chi connectivity index (χ2n) is 6.09. The van der Waals surface area contributed by atoms with Crippen LogP contribution in [0.2, 0.25) is 0 Å². The first-order chi connectivity index (χ1) is 11.2. The van der Waals surface area contributed by atoms with Gasteiger partial charge >= 0.3 is 18.0 Å². The number of hydrogen-bond donors (Lipinski definition) is 4. The average molecular weight is 338 g/mol. The van der Waals surface area contributed by atoms with E-state index in [2.05, 4.69) is 5.32 Å². The van der Waals surface area contributed by atoms with E-state index in [1.807, 2.05) is 0 Å². The Hall–Kier alpha value is -2.68. The lowest BCUT2D eigenvalue weighted by molar-refractivity contribution is -0.146. The van der Waals surface area contributed by atoms with E-state index in [4.69, 9.17) is 15.6 Å². The number of aliphatic carboxylic acids is 2.